The van der Waals surface area contributed by atoms with Gasteiger partial charge in [-0.1, -0.05) is 0 Å². The van der Waals surface area contributed by atoms with Crippen molar-refractivity contribution in [3.8, 4) is 0 Å². The molecule has 1 fully saturated rings. The van der Waals surface area contributed by atoms with Crippen LogP contribution in [-0.2, 0) is 4.74 Å². The molecule has 108 valence electrons. The zero-order valence-corrected chi connectivity index (χ0v) is 10.4. The lowest BCUT2D eigenvalue weighted by Gasteiger charge is -2.17. The number of anilines is 1. The molecule has 20 heavy (non-hydrogen) atoms. The van der Waals surface area contributed by atoms with Crippen molar-refractivity contribution in [2.75, 3.05) is 12.0 Å². The van der Waals surface area contributed by atoms with Gasteiger partial charge in [0.2, 0.25) is 0 Å². The van der Waals surface area contributed by atoms with Crippen LogP contribution in [-0.4, -0.2) is 54.8 Å². The molecule has 9 nitrogen and oxygen atoms in total. The van der Waals surface area contributed by atoms with Crippen molar-refractivity contribution in [2.24, 2.45) is 5.84 Å². The predicted molar refractivity (Wildman–Crippen MR) is 68.3 cm³/mol. The number of hydrogen-bond donors (Lipinski definition) is 5. The second-order valence-corrected chi connectivity index (χ2v) is 4.56. The summed E-state index contributed by atoms with van der Waals surface area (Å²) in [5.41, 5.74) is 2.96. The highest BCUT2D eigenvalue weighted by Crippen LogP contribution is 2.32. The van der Waals surface area contributed by atoms with E-state index in [-0.39, 0.29) is 6.61 Å². The van der Waals surface area contributed by atoms with Gasteiger partial charge in [-0.15, -0.1) is 0 Å². The molecule has 0 amide bonds. The van der Waals surface area contributed by atoms with Gasteiger partial charge in [0.05, 0.1) is 12.0 Å². The molecule has 6 N–H and O–H groups in total. The zero-order chi connectivity index (χ0) is 14.3. The fourth-order valence-electron chi connectivity index (χ4n) is 2.40. The van der Waals surface area contributed by atoms with Gasteiger partial charge in [0, 0.05) is 6.20 Å². The number of rotatable bonds is 3. The average Bonchev–Trinajstić information content (AvgIpc) is 3.01. The van der Waals surface area contributed by atoms with Crippen LogP contribution in [0.4, 0.5) is 5.82 Å². The first kappa shape index (κ1) is 13.2. The second-order valence-electron chi connectivity index (χ2n) is 4.56. The van der Waals surface area contributed by atoms with Crippen LogP contribution in [0.2, 0.25) is 0 Å². The lowest BCUT2D eigenvalue weighted by molar-refractivity contribution is -0.0508. The summed E-state index contributed by atoms with van der Waals surface area (Å²) in [6.07, 6.45) is -1.000. The molecule has 0 spiro atoms. The van der Waals surface area contributed by atoms with Crippen LogP contribution in [0, 0.1) is 0 Å². The summed E-state index contributed by atoms with van der Waals surface area (Å²) >= 11 is 0. The summed E-state index contributed by atoms with van der Waals surface area (Å²) in [5.74, 6) is 5.81. The molecule has 0 unspecified atom stereocenters. The van der Waals surface area contributed by atoms with Crippen molar-refractivity contribution in [3.05, 3.63) is 18.6 Å². The van der Waals surface area contributed by atoms with E-state index in [9.17, 15) is 10.2 Å². The molecule has 0 aliphatic carbocycles. The number of aliphatic hydroxyl groups is 3. The predicted octanol–water partition coefficient (Wildman–Crippen LogP) is -1.67. The van der Waals surface area contributed by atoms with Crippen LogP contribution in [0.15, 0.2) is 18.6 Å². The van der Waals surface area contributed by atoms with E-state index < -0.39 is 24.5 Å². The maximum atomic E-state index is 10.0. The molecular formula is C11H15N5O4. The van der Waals surface area contributed by atoms with E-state index in [4.69, 9.17) is 15.7 Å². The molecule has 0 aromatic carbocycles. The molecule has 3 heterocycles. The molecule has 0 radical (unpaired) electrons. The van der Waals surface area contributed by atoms with E-state index >= 15 is 0 Å². The van der Waals surface area contributed by atoms with E-state index in [1.54, 1.807) is 16.8 Å². The normalized spacial score (nSPS) is 30.0. The lowest BCUT2D eigenvalue weighted by atomic mass is 10.1. The quantitative estimate of drug-likeness (QED) is 0.332. The maximum absolute atomic E-state index is 10.0. The standard InChI is InChI=1S/C11H15N5O4/c12-15-9-5-1-2-16(10(5)14-4-13-9)11-8(19)7(18)6(3-17)20-11/h1-2,4,6-8,11,17-19H,3,12H2,(H,13,14,15)/t6-,7+,8+,11-/m0/s1. The van der Waals surface area contributed by atoms with Crippen LogP contribution in [0.3, 0.4) is 0 Å². The number of hydrazine groups is 1. The van der Waals surface area contributed by atoms with Gasteiger partial charge in [-0.05, 0) is 6.07 Å². The van der Waals surface area contributed by atoms with Gasteiger partial charge < -0.3 is 30.0 Å². The first-order valence-corrected chi connectivity index (χ1v) is 6.08. The monoisotopic (exact) mass is 281 g/mol. The van der Waals surface area contributed by atoms with Gasteiger partial charge >= 0.3 is 0 Å². The summed E-state index contributed by atoms with van der Waals surface area (Å²) in [5, 5.41) is 29.6. The summed E-state index contributed by atoms with van der Waals surface area (Å²) in [7, 11) is 0. The van der Waals surface area contributed by atoms with E-state index in [0.717, 1.165) is 0 Å². The minimum absolute atomic E-state index is 0.376. The van der Waals surface area contributed by atoms with Gasteiger partial charge in [-0.25, -0.2) is 15.8 Å². The number of fused-ring (bicyclic) bond motifs is 1. The highest BCUT2D eigenvalue weighted by atomic mass is 16.6. The van der Waals surface area contributed by atoms with Crippen molar-refractivity contribution in [2.45, 2.75) is 24.5 Å². The number of nitrogen functional groups attached to an aromatic ring is 1. The Hall–Kier alpha value is -1.78. The zero-order valence-electron chi connectivity index (χ0n) is 10.4. The van der Waals surface area contributed by atoms with Crippen molar-refractivity contribution in [1.82, 2.24) is 14.5 Å². The van der Waals surface area contributed by atoms with Crippen LogP contribution >= 0.6 is 0 Å². The fraction of sp³-hybridized carbons (Fsp3) is 0.455. The molecule has 9 heteroatoms. The van der Waals surface area contributed by atoms with E-state index in [0.29, 0.717) is 16.9 Å². The molecule has 1 aliphatic heterocycles. The third-order valence-electron chi connectivity index (χ3n) is 3.44. The highest BCUT2D eigenvalue weighted by molar-refractivity contribution is 5.87. The Labute approximate surface area is 113 Å². The first-order chi connectivity index (χ1) is 9.67. The van der Waals surface area contributed by atoms with Crippen LogP contribution in [0.25, 0.3) is 11.0 Å². The van der Waals surface area contributed by atoms with E-state index in [1.807, 2.05) is 0 Å². The Morgan fingerprint density at radius 3 is 2.80 bits per heavy atom. The van der Waals surface area contributed by atoms with E-state index in [2.05, 4.69) is 15.4 Å². The molecule has 3 rings (SSSR count). The summed E-state index contributed by atoms with van der Waals surface area (Å²) in [4.78, 5) is 8.10. The van der Waals surface area contributed by atoms with Gasteiger partial charge in [0.15, 0.2) is 12.0 Å². The molecule has 4 atom stereocenters. The summed E-state index contributed by atoms with van der Waals surface area (Å²) in [6.45, 7) is -0.376. The van der Waals surface area contributed by atoms with Crippen LogP contribution in [0.5, 0.6) is 0 Å². The number of aromatic nitrogens is 3. The Kier molecular flexibility index (Phi) is 3.28. The molecule has 2 aromatic rings. The number of aliphatic hydroxyl groups excluding tert-OH is 3. The van der Waals surface area contributed by atoms with Crippen LogP contribution < -0.4 is 11.3 Å². The fourth-order valence-corrected chi connectivity index (χ4v) is 2.40. The Balaban J connectivity index is 2.03. The maximum Gasteiger partial charge on any atom is 0.164 e. The minimum atomic E-state index is -1.16. The second kappa shape index (κ2) is 4.96. The average molecular weight is 281 g/mol. The van der Waals surface area contributed by atoms with Gasteiger partial charge in [-0.3, -0.25) is 0 Å². The number of nitrogens with one attached hydrogen (secondary N) is 1. The van der Waals surface area contributed by atoms with Crippen LogP contribution in [0.1, 0.15) is 6.23 Å². The molecule has 1 aliphatic rings. The number of hydrogen-bond acceptors (Lipinski definition) is 8. The molecule has 2 aromatic heterocycles. The number of ether oxygens (including phenoxy) is 1. The smallest absolute Gasteiger partial charge is 0.164 e. The summed E-state index contributed by atoms with van der Waals surface area (Å²) < 4.78 is 7.03. The highest BCUT2D eigenvalue weighted by Gasteiger charge is 2.43. The third-order valence-corrected chi connectivity index (χ3v) is 3.44. The Bertz CT molecular complexity index is 618. The van der Waals surface area contributed by atoms with Crippen molar-refractivity contribution < 1.29 is 20.1 Å². The van der Waals surface area contributed by atoms with Gasteiger partial charge in [-0.2, -0.15) is 0 Å². The Morgan fingerprint density at radius 1 is 1.35 bits per heavy atom. The number of nitrogens with zero attached hydrogens (tertiary/aromatic N) is 3. The molecule has 1 saturated heterocycles. The topological polar surface area (TPSA) is 139 Å². The molecule has 0 saturated carbocycles. The van der Waals surface area contributed by atoms with Gasteiger partial charge in [0.1, 0.15) is 30.3 Å². The SMILES string of the molecule is NNc1ncnc2c1ccn2[C@H]1O[C@@H](CO)[C@@H](O)[C@H]1O. The van der Waals surface area contributed by atoms with Crippen molar-refractivity contribution in [3.63, 3.8) is 0 Å². The third kappa shape index (κ3) is 1.84. The van der Waals surface area contributed by atoms with Crippen molar-refractivity contribution in [1.29, 1.82) is 0 Å². The molecule has 0 bridgehead atoms. The lowest BCUT2D eigenvalue weighted by Crippen LogP contribution is -2.33. The largest absolute Gasteiger partial charge is 0.394 e. The summed E-state index contributed by atoms with van der Waals surface area (Å²) in [6, 6.07) is 1.72. The van der Waals surface area contributed by atoms with Gasteiger partial charge in [0.25, 0.3) is 0 Å². The number of nitrogens with two attached hydrogens (primary N) is 1. The Morgan fingerprint density at radius 2 is 2.15 bits per heavy atom. The van der Waals surface area contributed by atoms with Crippen molar-refractivity contribution >= 4 is 16.9 Å². The molecular weight excluding hydrogens is 266 g/mol. The van der Waals surface area contributed by atoms with E-state index in [1.165, 1.54) is 6.33 Å². The minimum Gasteiger partial charge on any atom is -0.394 e. The first-order valence-electron chi connectivity index (χ1n) is 6.08.